The number of benzene rings is 2. The third-order valence-electron chi connectivity index (χ3n) is 4.68. The summed E-state index contributed by atoms with van der Waals surface area (Å²) in [4.78, 5) is 2.44. The molecule has 2 aromatic carbocycles. The van der Waals surface area contributed by atoms with Gasteiger partial charge in [-0.2, -0.15) is 0 Å². The van der Waals surface area contributed by atoms with Gasteiger partial charge in [-0.1, -0.05) is 24.3 Å². The van der Waals surface area contributed by atoms with E-state index >= 15 is 0 Å². The van der Waals surface area contributed by atoms with E-state index in [9.17, 15) is 0 Å². The lowest BCUT2D eigenvalue weighted by Crippen LogP contribution is -2.35. The van der Waals surface area contributed by atoms with Crippen LogP contribution >= 0.6 is 15.9 Å². The van der Waals surface area contributed by atoms with Gasteiger partial charge in [-0.3, -0.25) is 4.90 Å². The molecule has 2 aliphatic rings. The fourth-order valence-electron chi connectivity index (χ4n) is 3.25. The van der Waals surface area contributed by atoms with Gasteiger partial charge in [-0.15, -0.1) is 0 Å². The van der Waals surface area contributed by atoms with Crippen LogP contribution < -0.4 is 14.8 Å². The van der Waals surface area contributed by atoms with E-state index in [1.165, 1.54) is 16.7 Å². The van der Waals surface area contributed by atoms with E-state index in [1.807, 2.05) is 6.07 Å². The standard InChI is InChI=1S/C20H23BrN2O3/c21-18-9-17(10-19-20(18)26-14-25-19)12-22-11-15-1-3-16(4-2-15)13-23-5-7-24-8-6-23/h1-4,9-10,22H,5-8,11-14H2. The number of nitrogens with zero attached hydrogens (tertiary/aromatic N) is 1. The number of rotatable bonds is 6. The third kappa shape index (κ3) is 4.38. The normalized spacial score (nSPS) is 16.8. The summed E-state index contributed by atoms with van der Waals surface area (Å²) in [5, 5.41) is 3.49. The first kappa shape index (κ1) is 17.8. The Bertz CT molecular complexity index is 745. The summed E-state index contributed by atoms with van der Waals surface area (Å²) in [6.45, 7) is 6.65. The minimum atomic E-state index is 0.293. The van der Waals surface area contributed by atoms with Crippen LogP contribution in [0.3, 0.4) is 0 Å². The second kappa shape index (κ2) is 8.39. The zero-order valence-corrected chi connectivity index (χ0v) is 16.3. The molecule has 26 heavy (non-hydrogen) atoms. The van der Waals surface area contributed by atoms with Crippen LogP contribution in [0.2, 0.25) is 0 Å². The Morgan fingerprint density at radius 2 is 1.65 bits per heavy atom. The van der Waals surface area contributed by atoms with Crippen molar-refractivity contribution < 1.29 is 14.2 Å². The number of nitrogens with one attached hydrogen (secondary N) is 1. The Morgan fingerprint density at radius 1 is 0.923 bits per heavy atom. The molecule has 0 amide bonds. The molecular formula is C20H23BrN2O3. The molecule has 0 bridgehead atoms. The summed E-state index contributed by atoms with van der Waals surface area (Å²) in [5.41, 5.74) is 3.82. The highest BCUT2D eigenvalue weighted by Crippen LogP contribution is 2.39. The molecule has 0 atom stereocenters. The van der Waals surface area contributed by atoms with Crippen LogP contribution in [-0.2, 0) is 24.4 Å². The van der Waals surface area contributed by atoms with Crippen molar-refractivity contribution in [2.45, 2.75) is 19.6 Å². The minimum Gasteiger partial charge on any atom is -0.454 e. The summed E-state index contributed by atoms with van der Waals surface area (Å²) >= 11 is 3.54. The molecular weight excluding hydrogens is 396 g/mol. The minimum absolute atomic E-state index is 0.293. The number of hydrogen-bond donors (Lipinski definition) is 1. The van der Waals surface area contributed by atoms with Gasteiger partial charge < -0.3 is 19.5 Å². The van der Waals surface area contributed by atoms with Crippen molar-refractivity contribution >= 4 is 15.9 Å². The SMILES string of the molecule is Brc1cc(CNCc2ccc(CN3CCOCC3)cc2)cc2c1OCO2. The molecule has 1 saturated heterocycles. The molecule has 1 fully saturated rings. The molecule has 2 aliphatic heterocycles. The molecule has 0 aliphatic carbocycles. The molecule has 6 heteroatoms. The van der Waals surface area contributed by atoms with Gasteiger partial charge in [0.15, 0.2) is 11.5 Å². The summed E-state index contributed by atoms with van der Waals surface area (Å²) in [7, 11) is 0. The van der Waals surface area contributed by atoms with E-state index in [0.717, 1.165) is 61.9 Å². The second-order valence-corrected chi connectivity index (χ2v) is 7.47. The third-order valence-corrected chi connectivity index (χ3v) is 5.27. The van der Waals surface area contributed by atoms with E-state index in [2.05, 4.69) is 56.5 Å². The highest BCUT2D eigenvalue weighted by atomic mass is 79.9. The smallest absolute Gasteiger partial charge is 0.231 e. The lowest BCUT2D eigenvalue weighted by molar-refractivity contribution is 0.0342. The summed E-state index contributed by atoms with van der Waals surface area (Å²) in [6.07, 6.45) is 0. The molecule has 1 N–H and O–H groups in total. The van der Waals surface area contributed by atoms with Gasteiger partial charge in [-0.25, -0.2) is 0 Å². The van der Waals surface area contributed by atoms with Gasteiger partial charge >= 0.3 is 0 Å². The number of halogens is 1. The highest BCUT2D eigenvalue weighted by molar-refractivity contribution is 9.10. The van der Waals surface area contributed by atoms with Crippen molar-refractivity contribution in [3.63, 3.8) is 0 Å². The van der Waals surface area contributed by atoms with Crippen LogP contribution in [0.5, 0.6) is 11.5 Å². The topological polar surface area (TPSA) is 43.0 Å². The number of morpholine rings is 1. The van der Waals surface area contributed by atoms with Crippen molar-refractivity contribution in [1.82, 2.24) is 10.2 Å². The van der Waals surface area contributed by atoms with Gasteiger partial charge in [0.2, 0.25) is 6.79 Å². The quantitative estimate of drug-likeness (QED) is 0.779. The monoisotopic (exact) mass is 418 g/mol. The molecule has 0 radical (unpaired) electrons. The van der Waals surface area contributed by atoms with Gasteiger partial charge in [0.25, 0.3) is 0 Å². The second-order valence-electron chi connectivity index (χ2n) is 6.62. The lowest BCUT2D eigenvalue weighted by atomic mass is 10.1. The predicted molar refractivity (Wildman–Crippen MR) is 103 cm³/mol. The van der Waals surface area contributed by atoms with E-state index < -0.39 is 0 Å². The Labute approximate surface area is 162 Å². The van der Waals surface area contributed by atoms with Crippen molar-refractivity contribution in [3.05, 3.63) is 57.6 Å². The first-order valence-electron chi connectivity index (χ1n) is 8.94. The van der Waals surface area contributed by atoms with Gasteiger partial charge in [-0.05, 0) is 44.8 Å². The van der Waals surface area contributed by atoms with Crippen LogP contribution in [0.1, 0.15) is 16.7 Å². The van der Waals surface area contributed by atoms with Gasteiger partial charge in [0.05, 0.1) is 17.7 Å². The highest BCUT2D eigenvalue weighted by Gasteiger charge is 2.17. The van der Waals surface area contributed by atoms with Crippen LogP contribution in [0, 0.1) is 0 Å². The van der Waals surface area contributed by atoms with Crippen LogP contribution in [-0.4, -0.2) is 38.0 Å². The van der Waals surface area contributed by atoms with Gasteiger partial charge in [0, 0.05) is 32.7 Å². The zero-order chi connectivity index (χ0) is 17.8. The van der Waals surface area contributed by atoms with Crippen molar-refractivity contribution in [2.75, 3.05) is 33.1 Å². The number of hydrogen-bond acceptors (Lipinski definition) is 5. The maximum atomic E-state index is 5.47. The zero-order valence-electron chi connectivity index (χ0n) is 14.7. The Balaban J connectivity index is 1.27. The molecule has 0 aromatic heterocycles. The molecule has 2 aromatic rings. The molecule has 4 rings (SSSR count). The fraction of sp³-hybridized carbons (Fsp3) is 0.400. The first-order valence-corrected chi connectivity index (χ1v) is 9.74. The first-order chi connectivity index (χ1) is 12.8. The molecule has 0 saturated carbocycles. The molecule has 0 unspecified atom stereocenters. The number of ether oxygens (including phenoxy) is 3. The predicted octanol–water partition coefficient (Wildman–Crippen LogP) is 3.30. The van der Waals surface area contributed by atoms with E-state index in [-0.39, 0.29) is 0 Å². The van der Waals surface area contributed by atoms with Crippen molar-refractivity contribution in [1.29, 1.82) is 0 Å². The average molecular weight is 419 g/mol. The Kier molecular flexibility index (Phi) is 5.75. The molecule has 138 valence electrons. The summed E-state index contributed by atoms with van der Waals surface area (Å²) in [6, 6.07) is 13.0. The van der Waals surface area contributed by atoms with Crippen LogP contribution in [0.15, 0.2) is 40.9 Å². The maximum Gasteiger partial charge on any atom is 0.231 e. The van der Waals surface area contributed by atoms with Gasteiger partial charge in [0.1, 0.15) is 0 Å². The van der Waals surface area contributed by atoms with E-state index in [0.29, 0.717) is 6.79 Å². The van der Waals surface area contributed by atoms with Crippen LogP contribution in [0.25, 0.3) is 0 Å². The lowest BCUT2D eigenvalue weighted by Gasteiger charge is -2.26. The fourth-order valence-corrected chi connectivity index (χ4v) is 3.86. The Hall–Kier alpha value is -1.60. The number of fused-ring (bicyclic) bond motifs is 1. The largest absolute Gasteiger partial charge is 0.454 e. The average Bonchev–Trinajstić information content (AvgIpc) is 3.13. The van der Waals surface area contributed by atoms with E-state index in [4.69, 9.17) is 14.2 Å². The molecule has 0 spiro atoms. The Morgan fingerprint density at radius 3 is 2.46 bits per heavy atom. The van der Waals surface area contributed by atoms with Crippen molar-refractivity contribution in [3.8, 4) is 11.5 Å². The molecule has 5 nitrogen and oxygen atoms in total. The van der Waals surface area contributed by atoms with Crippen molar-refractivity contribution in [2.24, 2.45) is 0 Å². The summed E-state index contributed by atoms with van der Waals surface area (Å²) < 4.78 is 17.2. The van der Waals surface area contributed by atoms with Crippen LogP contribution in [0.4, 0.5) is 0 Å². The molecule has 2 heterocycles. The summed E-state index contributed by atoms with van der Waals surface area (Å²) in [5.74, 6) is 1.60. The maximum absolute atomic E-state index is 5.47. The van der Waals surface area contributed by atoms with E-state index in [1.54, 1.807) is 0 Å².